The number of nitrogens with zero attached hydrogens (tertiary/aromatic N) is 1. The molecule has 1 aliphatic rings. The van der Waals surface area contributed by atoms with Crippen LogP contribution in [-0.2, 0) is 9.53 Å². The monoisotopic (exact) mass is 267 g/mol. The molecule has 0 amide bonds. The van der Waals surface area contributed by atoms with E-state index in [4.69, 9.17) is 9.84 Å². The Bertz CT molecular complexity index is 238. The number of rotatable bonds is 6. The minimum Gasteiger partial charge on any atom is -0.481 e. The molecule has 2 unspecified atom stereocenters. The first kappa shape index (κ1) is 14.2. The number of carboxylic acid groups (broad SMARTS) is 1. The summed E-state index contributed by atoms with van der Waals surface area (Å²) in [5.74, 6) is -0.803. The maximum absolute atomic E-state index is 10.5. The minimum atomic E-state index is -0.803. The SMILES string of the molecule is CC(CC(=O)O)OC[C@@H]1CCCN1[SH](C)S. The standard InChI is InChI=1S/C10H21NO3S2/c1-8(6-10(12)13)14-7-9-4-3-5-11(9)16(2)15/h8-9,15-16H,3-7H2,1-2H3,(H,12,13)/t8?,9-/m0/s1. The maximum atomic E-state index is 10.5. The molecule has 0 aliphatic carbocycles. The highest BCUT2D eigenvalue weighted by atomic mass is 33.1. The Kier molecular flexibility index (Phi) is 5.96. The molecule has 0 aromatic heterocycles. The van der Waals surface area contributed by atoms with E-state index in [0.717, 1.165) is 13.0 Å². The van der Waals surface area contributed by atoms with E-state index in [-0.39, 0.29) is 22.6 Å². The molecule has 1 saturated heterocycles. The molecule has 1 rings (SSSR count). The molecule has 1 heterocycles. The third kappa shape index (κ3) is 4.53. The Morgan fingerprint density at radius 1 is 1.75 bits per heavy atom. The zero-order chi connectivity index (χ0) is 12.1. The van der Waals surface area contributed by atoms with E-state index in [1.165, 1.54) is 6.42 Å². The van der Waals surface area contributed by atoms with Crippen LogP contribution in [0.5, 0.6) is 0 Å². The lowest BCUT2D eigenvalue weighted by atomic mass is 10.2. The van der Waals surface area contributed by atoms with Crippen LogP contribution in [0.25, 0.3) is 0 Å². The van der Waals surface area contributed by atoms with Crippen LogP contribution >= 0.6 is 21.8 Å². The van der Waals surface area contributed by atoms with Crippen LogP contribution in [0.15, 0.2) is 0 Å². The highest BCUT2D eigenvalue weighted by molar-refractivity contribution is 8.76. The molecule has 1 aliphatic heterocycles. The van der Waals surface area contributed by atoms with Crippen LogP contribution in [0.1, 0.15) is 26.2 Å². The van der Waals surface area contributed by atoms with Crippen LogP contribution in [0.4, 0.5) is 0 Å². The van der Waals surface area contributed by atoms with Crippen LogP contribution in [0.2, 0.25) is 0 Å². The Morgan fingerprint density at radius 3 is 3.00 bits per heavy atom. The Labute approximate surface area is 105 Å². The first-order valence-corrected chi connectivity index (χ1v) is 8.42. The molecule has 0 aromatic carbocycles. The molecule has 0 saturated carbocycles. The second-order valence-electron chi connectivity index (χ2n) is 4.19. The van der Waals surface area contributed by atoms with Crippen molar-refractivity contribution in [3.05, 3.63) is 0 Å². The third-order valence-corrected chi connectivity index (χ3v) is 4.71. The summed E-state index contributed by atoms with van der Waals surface area (Å²) in [6, 6.07) is 0.421. The number of thiol groups is 2. The van der Waals surface area contributed by atoms with E-state index in [1.807, 2.05) is 6.92 Å². The molecule has 96 valence electrons. The van der Waals surface area contributed by atoms with Gasteiger partial charge in [-0.05, 0) is 26.0 Å². The quantitative estimate of drug-likeness (QED) is 0.507. The van der Waals surface area contributed by atoms with E-state index >= 15 is 0 Å². The van der Waals surface area contributed by atoms with E-state index < -0.39 is 5.97 Å². The van der Waals surface area contributed by atoms with Gasteiger partial charge in [-0.1, -0.05) is 0 Å². The molecule has 0 bridgehead atoms. The first-order valence-electron chi connectivity index (χ1n) is 5.53. The number of carboxylic acids is 1. The molecular formula is C10H21NO3S2. The summed E-state index contributed by atoms with van der Waals surface area (Å²) >= 11 is 4.49. The predicted octanol–water partition coefficient (Wildman–Crippen LogP) is 1.72. The normalized spacial score (nSPS) is 26.7. The highest BCUT2D eigenvalue weighted by Crippen LogP contribution is 2.37. The van der Waals surface area contributed by atoms with Gasteiger partial charge in [0, 0.05) is 12.6 Å². The molecule has 0 aromatic rings. The van der Waals surface area contributed by atoms with Crippen molar-refractivity contribution in [3.8, 4) is 0 Å². The molecule has 16 heavy (non-hydrogen) atoms. The van der Waals surface area contributed by atoms with Crippen molar-refractivity contribution in [2.24, 2.45) is 0 Å². The Hall–Kier alpha value is 0.0900. The Balaban J connectivity index is 2.28. The number of hydrogen-bond acceptors (Lipinski definition) is 4. The third-order valence-electron chi connectivity index (χ3n) is 2.75. The summed E-state index contributed by atoms with van der Waals surface area (Å²) in [5.41, 5.74) is 0. The van der Waals surface area contributed by atoms with Gasteiger partial charge in [-0.25, -0.2) is 0 Å². The van der Waals surface area contributed by atoms with Gasteiger partial charge in [0.25, 0.3) is 0 Å². The van der Waals surface area contributed by atoms with Crippen molar-refractivity contribution in [1.29, 1.82) is 0 Å². The van der Waals surface area contributed by atoms with Gasteiger partial charge >= 0.3 is 5.97 Å². The van der Waals surface area contributed by atoms with Crippen molar-refractivity contribution in [3.63, 3.8) is 0 Å². The molecule has 0 radical (unpaired) electrons. The molecule has 1 N–H and O–H groups in total. The second kappa shape index (κ2) is 6.74. The van der Waals surface area contributed by atoms with Gasteiger partial charge in [0.05, 0.1) is 19.1 Å². The molecule has 0 spiro atoms. The fourth-order valence-electron chi connectivity index (χ4n) is 1.95. The maximum Gasteiger partial charge on any atom is 0.305 e. The molecule has 6 heteroatoms. The first-order chi connectivity index (χ1) is 7.50. The van der Waals surface area contributed by atoms with Crippen LogP contribution in [0, 0.1) is 0 Å². The lowest BCUT2D eigenvalue weighted by Gasteiger charge is -2.30. The smallest absolute Gasteiger partial charge is 0.305 e. The average molecular weight is 267 g/mol. The van der Waals surface area contributed by atoms with Crippen molar-refractivity contribution in [2.45, 2.75) is 38.3 Å². The van der Waals surface area contributed by atoms with Crippen LogP contribution < -0.4 is 0 Å². The van der Waals surface area contributed by atoms with E-state index in [0.29, 0.717) is 12.6 Å². The largest absolute Gasteiger partial charge is 0.481 e. The summed E-state index contributed by atoms with van der Waals surface area (Å²) in [6.07, 6.45) is 4.32. The topological polar surface area (TPSA) is 49.8 Å². The summed E-state index contributed by atoms with van der Waals surface area (Å²) in [5, 5.41) is 8.62. The molecule has 4 nitrogen and oxygen atoms in total. The summed E-state index contributed by atoms with van der Waals surface area (Å²) in [7, 11) is -0.357. The number of aliphatic carboxylic acids is 1. The van der Waals surface area contributed by atoms with Crippen LogP contribution in [-0.4, -0.2) is 46.9 Å². The second-order valence-corrected chi connectivity index (χ2v) is 7.42. The summed E-state index contributed by atoms with van der Waals surface area (Å²) in [6.45, 7) is 3.53. The van der Waals surface area contributed by atoms with Gasteiger partial charge in [0.15, 0.2) is 0 Å². The van der Waals surface area contributed by atoms with E-state index in [2.05, 4.69) is 22.2 Å². The lowest BCUT2D eigenvalue weighted by molar-refractivity contribution is -0.140. The number of carbonyl (C=O) groups is 1. The van der Waals surface area contributed by atoms with Crippen molar-refractivity contribution >= 4 is 27.7 Å². The molecule has 3 atom stereocenters. The Morgan fingerprint density at radius 2 is 2.44 bits per heavy atom. The minimum absolute atomic E-state index is 0.0779. The zero-order valence-corrected chi connectivity index (χ0v) is 11.6. The van der Waals surface area contributed by atoms with Gasteiger partial charge in [-0.15, -0.1) is 11.7 Å². The van der Waals surface area contributed by atoms with E-state index in [1.54, 1.807) is 0 Å². The lowest BCUT2D eigenvalue weighted by Crippen LogP contribution is -2.31. The van der Waals surface area contributed by atoms with Gasteiger partial charge in [0.2, 0.25) is 0 Å². The van der Waals surface area contributed by atoms with Gasteiger partial charge in [-0.3, -0.25) is 9.10 Å². The van der Waals surface area contributed by atoms with Crippen LogP contribution in [0.3, 0.4) is 0 Å². The van der Waals surface area contributed by atoms with Crippen molar-refractivity contribution in [1.82, 2.24) is 4.31 Å². The summed E-state index contributed by atoms with van der Waals surface area (Å²) < 4.78 is 7.94. The predicted molar refractivity (Wildman–Crippen MR) is 71.3 cm³/mol. The fraction of sp³-hybridized carbons (Fsp3) is 0.900. The fourth-order valence-corrected chi connectivity index (χ4v) is 3.74. The molecule has 1 fully saturated rings. The van der Waals surface area contributed by atoms with Crippen molar-refractivity contribution < 1.29 is 14.6 Å². The van der Waals surface area contributed by atoms with E-state index in [9.17, 15) is 4.79 Å². The van der Waals surface area contributed by atoms with Crippen molar-refractivity contribution in [2.75, 3.05) is 19.4 Å². The number of ether oxygens (including phenoxy) is 1. The number of hydrogen-bond donors (Lipinski definition) is 3. The van der Waals surface area contributed by atoms with Gasteiger partial charge in [-0.2, -0.15) is 10.1 Å². The zero-order valence-electron chi connectivity index (χ0n) is 9.80. The van der Waals surface area contributed by atoms with Gasteiger partial charge in [0.1, 0.15) is 0 Å². The highest BCUT2D eigenvalue weighted by Gasteiger charge is 2.26. The summed E-state index contributed by atoms with van der Waals surface area (Å²) in [4.78, 5) is 10.5. The van der Waals surface area contributed by atoms with Gasteiger partial charge < -0.3 is 9.84 Å². The average Bonchev–Trinajstić information content (AvgIpc) is 2.61. The molecular weight excluding hydrogens is 246 g/mol.